The van der Waals surface area contributed by atoms with Crippen molar-refractivity contribution in [2.24, 2.45) is 11.3 Å². The summed E-state index contributed by atoms with van der Waals surface area (Å²) >= 11 is 0. The molecule has 0 saturated carbocycles. The molecule has 13 heavy (non-hydrogen) atoms. The fourth-order valence-electron chi connectivity index (χ4n) is 2.88. The van der Waals surface area contributed by atoms with Crippen LogP contribution in [0.25, 0.3) is 0 Å². The second-order valence-electron chi connectivity index (χ2n) is 4.63. The van der Waals surface area contributed by atoms with Crippen LogP contribution in [-0.2, 0) is 4.74 Å². The highest BCUT2D eigenvalue weighted by Crippen LogP contribution is 2.44. The van der Waals surface area contributed by atoms with Gasteiger partial charge in [-0.1, -0.05) is 13.3 Å². The van der Waals surface area contributed by atoms with E-state index in [0.29, 0.717) is 5.41 Å². The lowest BCUT2D eigenvalue weighted by molar-refractivity contribution is -0.155. The Hall–Kier alpha value is -0.0800. The lowest BCUT2D eigenvalue weighted by atomic mass is 9.67. The van der Waals surface area contributed by atoms with Crippen LogP contribution in [0.3, 0.4) is 0 Å². The van der Waals surface area contributed by atoms with E-state index < -0.39 is 0 Å². The fourth-order valence-corrected chi connectivity index (χ4v) is 2.88. The van der Waals surface area contributed by atoms with Crippen molar-refractivity contribution in [3.8, 4) is 0 Å². The predicted octanol–water partition coefficient (Wildman–Crippen LogP) is 1.80. The van der Waals surface area contributed by atoms with Crippen molar-refractivity contribution in [1.82, 2.24) is 5.32 Å². The van der Waals surface area contributed by atoms with Gasteiger partial charge in [0.25, 0.3) is 0 Å². The summed E-state index contributed by atoms with van der Waals surface area (Å²) < 4.78 is 5.42. The van der Waals surface area contributed by atoms with E-state index in [2.05, 4.69) is 12.2 Å². The third kappa shape index (κ3) is 1.75. The Bertz CT molecular complexity index is 159. The second-order valence-corrected chi connectivity index (χ2v) is 4.63. The molecule has 0 spiro atoms. The van der Waals surface area contributed by atoms with Crippen LogP contribution in [0.4, 0.5) is 0 Å². The molecule has 0 bridgehead atoms. The average Bonchev–Trinajstić information content (AvgIpc) is 2.13. The van der Waals surface area contributed by atoms with E-state index in [-0.39, 0.29) is 0 Å². The van der Waals surface area contributed by atoms with E-state index in [0.717, 1.165) is 19.1 Å². The molecular weight excluding hydrogens is 162 g/mol. The molecular formula is C11H21NO. The zero-order valence-electron chi connectivity index (χ0n) is 8.64. The van der Waals surface area contributed by atoms with Crippen molar-refractivity contribution < 1.29 is 4.74 Å². The van der Waals surface area contributed by atoms with Gasteiger partial charge in [0.15, 0.2) is 0 Å². The average molecular weight is 183 g/mol. The maximum absolute atomic E-state index is 5.42. The Balaban J connectivity index is 1.93. The summed E-state index contributed by atoms with van der Waals surface area (Å²) in [4.78, 5) is 0. The zero-order valence-corrected chi connectivity index (χ0v) is 8.64. The molecule has 2 fully saturated rings. The summed E-state index contributed by atoms with van der Waals surface area (Å²) in [6.07, 6.45) is 5.41. The number of hydrogen-bond donors (Lipinski definition) is 1. The summed E-state index contributed by atoms with van der Waals surface area (Å²) in [5, 5.41) is 3.44. The lowest BCUT2D eigenvalue weighted by Gasteiger charge is -2.49. The van der Waals surface area contributed by atoms with Crippen molar-refractivity contribution in [2.75, 3.05) is 26.3 Å². The second kappa shape index (κ2) is 3.97. The van der Waals surface area contributed by atoms with E-state index in [1.807, 2.05) is 0 Å². The minimum absolute atomic E-state index is 0.580. The van der Waals surface area contributed by atoms with Crippen LogP contribution in [0, 0.1) is 11.3 Å². The largest absolute Gasteiger partial charge is 0.380 e. The van der Waals surface area contributed by atoms with Gasteiger partial charge in [0, 0.05) is 5.41 Å². The van der Waals surface area contributed by atoms with Crippen LogP contribution >= 0.6 is 0 Å². The van der Waals surface area contributed by atoms with Crippen LogP contribution in [0.2, 0.25) is 0 Å². The molecule has 0 unspecified atom stereocenters. The van der Waals surface area contributed by atoms with Crippen molar-refractivity contribution >= 4 is 0 Å². The van der Waals surface area contributed by atoms with Gasteiger partial charge in [0.2, 0.25) is 0 Å². The Kier molecular flexibility index (Phi) is 2.89. The van der Waals surface area contributed by atoms with Gasteiger partial charge in [-0.15, -0.1) is 0 Å². The smallest absolute Gasteiger partial charge is 0.0547 e. The van der Waals surface area contributed by atoms with Crippen molar-refractivity contribution in [2.45, 2.75) is 32.6 Å². The predicted molar refractivity (Wildman–Crippen MR) is 53.8 cm³/mol. The monoisotopic (exact) mass is 183 g/mol. The Morgan fingerprint density at radius 2 is 2.00 bits per heavy atom. The summed E-state index contributed by atoms with van der Waals surface area (Å²) in [5.41, 5.74) is 0.580. The number of rotatable bonds is 3. The van der Waals surface area contributed by atoms with Crippen LogP contribution in [0.5, 0.6) is 0 Å². The highest BCUT2D eigenvalue weighted by Gasteiger charge is 2.44. The topological polar surface area (TPSA) is 21.3 Å². The van der Waals surface area contributed by atoms with Gasteiger partial charge in [0.1, 0.15) is 0 Å². The standard InChI is InChI=1S/C11H21NO/c1-2-5-11(8-13-9-11)10-3-6-12-7-4-10/h10,12H,2-9H2,1H3. The molecule has 0 amide bonds. The van der Waals surface area contributed by atoms with Crippen LogP contribution in [0.1, 0.15) is 32.6 Å². The molecule has 0 aromatic rings. The molecule has 2 heteroatoms. The molecule has 2 nitrogen and oxygen atoms in total. The summed E-state index contributed by atoms with van der Waals surface area (Å²) in [6.45, 7) is 6.80. The molecule has 0 aromatic carbocycles. The molecule has 1 N–H and O–H groups in total. The Morgan fingerprint density at radius 1 is 1.31 bits per heavy atom. The Morgan fingerprint density at radius 3 is 2.46 bits per heavy atom. The molecule has 0 aromatic heterocycles. The van der Waals surface area contributed by atoms with Gasteiger partial charge in [-0.05, 0) is 38.3 Å². The van der Waals surface area contributed by atoms with E-state index in [1.54, 1.807) is 0 Å². The number of hydrogen-bond acceptors (Lipinski definition) is 2. The first-order valence-corrected chi connectivity index (χ1v) is 5.66. The summed E-state index contributed by atoms with van der Waals surface area (Å²) in [7, 11) is 0. The fraction of sp³-hybridized carbons (Fsp3) is 1.00. The van der Waals surface area contributed by atoms with Gasteiger partial charge in [0.05, 0.1) is 13.2 Å². The molecule has 2 rings (SSSR count). The maximum atomic E-state index is 5.42. The lowest BCUT2D eigenvalue weighted by Crippen LogP contribution is -2.51. The first kappa shape index (κ1) is 9.47. The molecule has 2 aliphatic heterocycles. The first-order chi connectivity index (χ1) is 6.37. The minimum atomic E-state index is 0.580. The number of nitrogens with one attached hydrogen (secondary N) is 1. The van der Waals surface area contributed by atoms with Crippen LogP contribution < -0.4 is 5.32 Å². The first-order valence-electron chi connectivity index (χ1n) is 5.66. The molecule has 0 aliphatic carbocycles. The van der Waals surface area contributed by atoms with Crippen LogP contribution in [-0.4, -0.2) is 26.3 Å². The van der Waals surface area contributed by atoms with E-state index in [4.69, 9.17) is 4.74 Å². The third-order valence-corrected chi connectivity index (χ3v) is 3.73. The SMILES string of the molecule is CCCC1(C2CCNCC2)COC1. The van der Waals surface area contributed by atoms with E-state index >= 15 is 0 Å². The summed E-state index contributed by atoms with van der Waals surface area (Å²) in [5.74, 6) is 0.933. The highest BCUT2D eigenvalue weighted by molar-refractivity contribution is 4.93. The van der Waals surface area contributed by atoms with E-state index in [1.165, 1.54) is 38.8 Å². The number of ether oxygens (including phenoxy) is 1. The maximum Gasteiger partial charge on any atom is 0.0547 e. The van der Waals surface area contributed by atoms with Gasteiger partial charge in [-0.2, -0.15) is 0 Å². The third-order valence-electron chi connectivity index (χ3n) is 3.73. The number of piperidine rings is 1. The van der Waals surface area contributed by atoms with Crippen LogP contribution in [0.15, 0.2) is 0 Å². The quantitative estimate of drug-likeness (QED) is 0.720. The normalized spacial score (nSPS) is 28.4. The van der Waals surface area contributed by atoms with Gasteiger partial charge < -0.3 is 10.1 Å². The molecule has 2 aliphatic rings. The van der Waals surface area contributed by atoms with Gasteiger partial charge in [-0.25, -0.2) is 0 Å². The molecule has 2 heterocycles. The minimum Gasteiger partial charge on any atom is -0.380 e. The van der Waals surface area contributed by atoms with Gasteiger partial charge in [-0.3, -0.25) is 0 Å². The highest BCUT2D eigenvalue weighted by atomic mass is 16.5. The van der Waals surface area contributed by atoms with Crippen molar-refractivity contribution in [3.05, 3.63) is 0 Å². The zero-order chi connectivity index (χ0) is 9.15. The molecule has 76 valence electrons. The van der Waals surface area contributed by atoms with Crippen molar-refractivity contribution in [1.29, 1.82) is 0 Å². The van der Waals surface area contributed by atoms with Gasteiger partial charge >= 0.3 is 0 Å². The van der Waals surface area contributed by atoms with Crippen molar-refractivity contribution in [3.63, 3.8) is 0 Å². The molecule has 0 radical (unpaired) electrons. The van der Waals surface area contributed by atoms with E-state index in [9.17, 15) is 0 Å². The molecule has 0 atom stereocenters. The summed E-state index contributed by atoms with van der Waals surface area (Å²) in [6, 6.07) is 0. The Labute approximate surface area is 81.0 Å². The molecule has 2 saturated heterocycles.